The van der Waals surface area contributed by atoms with Crippen LogP contribution in [0.1, 0.15) is 11.1 Å². The molecule has 0 aliphatic carbocycles. The lowest BCUT2D eigenvalue weighted by molar-refractivity contribution is -0.122. The Bertz CT molecular complexity index is 501. The summed E-state index contributed by atoms with van der Waals surface area (Å²) in [4.78, 5) is 10.6. The molecule has 4 N–H and O–H groups in total. The van der Waals surface area contributed by atoms with Gasteiger partial charge in [0.2, 0.25) is 0 Å². The SMILES string of the molecule is NCc1ccccc1Sc1ccccc1CO.O=CO. The van der Waals surface area contributed by atoms with Gasteiger partial charge in [0.1, 0.15) is 0 Å². The van der Waals surface area contributed by atoms with E-state index in [4.69, 9.17) is 15.6 Å². The van der Waals surface area contributed by atoms with Crippen molar-refractivity contribution in [3.8, 4) is 0 Å². The van der Waals surface area contributed by atoms with E-state index in [1.165, 1.54) is 0 Å². The fourth-order valence-electron chi connectivity index (χ4n) is 1.62. The number of nitrogens with two attached hydrogens (primary N) is 1. The Labute approximate surface area is 122 Å². The summed E-state index contributed by atoms with van der Waals surface area (Å²) in [5, 5.41) is 16.2. The molecular weight excluding hydrogens is 274 g/mol. The molecule has 20 heavy (non-hydrogen) atoms. The Morgan fingerprint density at radius 2 is 1.45 bits per heavy atom. The molecule has 0 saturated carbocycles. The molecule has 0 amide bonds. The number of aliphatic hydroxyl groups is 1. The highest BCUT2D eigenvalue weighted by atomic mass is 32.2. The smallest absolute Gasteiger partial charge is 0.290 e. The average Bonchev–Trinajstić information content (AvgIpc) is 2.49. The third kappa shape index (κ3) is 4.70. The summed E-state index contributed by atoms with van der Waals surface area (Å²) in [7, 11) is 0. The van der Waals surface area contributed by atoms with E-state index in [1.807, 2.05) is 42.5 Å². The third-order valence-corrected chi connectivity index (χ3v) is 3.79. The van der Waals surface area contributed by atoms with E-state index < -0.39 is 0 Å². The molecule has 5 heteroatoms. The molecule has 0 aliphatic heterocycles. The zero-order valence-corrected chi connectivity index (χ0v) is 11.7. The van der Waals surface area contributed by atoms with Crippen LogP contribution in [-0.2, 0) is 17.9 Å². The summed E-state index contributed by atoms with van der Waals surface area (Å²) >= 11 is 1.65. The predicted octanol–water partition coefficient (Wildman–Crippen LogP) is 2.49. The number of rotatable bonds is 4. The summed E-state index contributed by atoms with van der Waals surface area (Å²) in [5.41, 5.74) is 7.79. The summed E-state index contributed by atoms with van der Waals surface area (Å²) in [5.74, 6) is 0. The van der Waals surface area contributed by atoms with Crippen LogP contribution >= 0.6 is 11.8 Å². The Morgan fingerprint density at radius 3 is 1.95 bits per heavy atom. The zero-order chi connectivity index (χ0) is 14.8. The number of carboxylic acid groups (broad SMARTS) is 1. The first-order valence-corrected chi connectivity index (χ1v) is 6.80. The summed E-state index contributed by atoms with van der Waals surface area (Å²) in [6.45, 7) is 0.346. The van der Waals surface area contributed by atoms with Gasteiger partial charge in [0.15, 0.2) is 0 Å². The predicted molar refractivity (Wildman–Crippen MR) is 79.5 cm³/mol. The molecule has 0 atom stereocenters. The minimum atomic E-state index is -0.250. The Kier molecular flexibility index (Phi) is 7.42. The Balaban J connectivity index is 0.000000612. The third-order valence-electron chi connectivity index (χ3n) is 2.56. The van der Waals surface area contributed by atoms with Gasteiger partial charge in [-0.05, 0) is 23.3 Å². The van der Waals surface area contributed by atoms with Gasteiger partial charge in [-0.3, -0.25) is 4.79 Å². The van der Waals surface area contributed by atoms with Crippen LogP contribution in [0, 0.1) is 0 Å². The minimum absolute atomic E-state index is 0.0635. The molecule has 2 aromatic carbocycles. The maximum absolute atomic E-state index is 9.28. The average molecular weight is 291 g/mol. The standard InChI is InChI=1S/C14H15NOS.CH2O2/c15-9-11-5-1-3-7-13(11)17-14-8-4-2-6-12(14)10-16;2-1-3/h1-8,16H,9-10,15H2;1H,(H,2,3). The first-order chi connectivity index (χ1) is 9.76. The van der Waals surface area contributed by atoms with Crippen molar-refractivity contribution in [3.63, 3.8) is 0 Å². The minimum Gasteiger partial charge on any atom is -0.483 e. The Hall–Kier alpha value is -1.82. The topological polar surface area (TPSA) is 83.5 Å². The molecule has 0 radical (unpaired) electrons. The van der Waals surface area contributed by atoms with E-state index in [0.717, 1.165) is 20.9 Å². The highest BCUT2D eigenvalue weighted by molar-refractivity contribution is 7.99. The van der Waals surface area contributed by atoms with Crippen LogP contribution in [0.4, 0.5) is 0 Å². The summed E-state index contributed by atoms with van der Waals surface area (Å²) in [6.07, 6.45) is 0. The fourth-order valence-corrected chi connectivity index (χ4v) is 2.70. The number of hydrogen-bond donors (Lipinski definition) is 3. The maximum atomic E-state index is 9.28. The van der Waals surface area contributed by atoms with Gasteiger partial charge < -0.3 is 15.9 Å². The van der Waals surface area contributed by atoms with Gasteiger partial charge in [-0.1, -0.05) is 48.2 Å². The lowest BCUT2D eigenvalue weighted by Gasteiger charge is -2.09. The van der Waals surface area contributed by atoms with Gasteiger partial charge in [-0.25, -0.2) is 0 Å². The first-order valence-electron chi connectivity index (χ1n) is 5.99. The monoisotopic (exact) mass is 291 g/mol. The van der Waals surface area contributed by atoms with Crippen molar-refractivity contribution in [1.29, 1.82) is 0 Å². The van der Waals surface area contributed by atoms with Crippen molar-refractivity contribution in [2.75, 3.05) is 0 Å². The molecule has 2 rings (SSSR count). The van der Waals surface area contributed by atoms with Crippen LogP contribution < -0.4 is 5.73 Å². The molecule has 0 aromatic heterocycles. The number of carbonyl (C=O) groups is 1. The molecule has 0 saturated heterocycles. The fraction of sp³-hybridized carbons (Fsp3) is 0.133. The van der Waals surface area contributed by atoms with Crippen LogP contribution in [0.2, 0.25) is 0 Å². The lowest BCUT2D eigenvalue weighted by Crippen LogP contribution is -1.98. The molecule has 0 unspecified atom stereocenters. The van der Waals surface area contributed by atoms with Crippen molar-refractivity contribution in [1.82, 2.24) is 0 Å². The van der Waals surface area contributed by atoms with Gasteiger partial charge in [0, 0.05) is 16.3 Å². The van der Waals surface area contributed by atoms with Crippen molar-refractivity contribution >= 4 is 18.2 Å². The maximum Gasteiger partial charge on any atom is 0.290 e. The second kappa shape index (κ2) is 9.14. The first kappa shape index (κ1) is 16.2. The van der Waals surface area contributed by atoms with E-state index in [0.29, 0.717) is 6.54 Å². The number of benzene rings is 2. The zero-order valence-electron chi connectivity index (χ0n) is 10.9. The van der Waals surface area contributed by atoms with E-state index in [1.54, 1.807) is 11.8 Å². The highest BCUT2D eigenvalue weighted by Gasteiger charge is 2.05. The van der Waals surface area contributed by atoms with Gasteiger partial charge in [-0.2, -0.15) is 0 Å². The van der Waals surface area contributed by atoms with Gasteiger partial charge in [0.05, 0.1) is 6.61 Å². The van der Waals surface area contributed by atoms with E-state index in [2.05, 4.69) is 6.07 Å². The normalized spacial score (nSPS) is 9.50. The van der Waals surface area contributed by atoms with Crippen molar-refractivity contribution in [2.24, 2.45) is 5.73 Å². The van der Waals surface area contributed by atoms with E-state index >= 15 is 0 Å². The quantitative estimate of drug-likeness (QED) is 0.754. The van der Waals surface area contributed by atoms with E-state index in [-0.39, 0.29) is 13.1 Å². The second-order valence-electron chi connectivity index (χ2n) is 3.79. The largest absolute Gasteiger partial charge is 0.483 e. The van der Waals surface area contributed by atoms with E-state index in [9.17, 15) is 5.11 Å². The summed E-state index contributed by atoms with van der Waals surface area (Å²) in [6, 6.07) is 16.0. The molecule has 0 spiro atoms. The lowest BCUT2D eigenvalue weighted by atomic mass is 10.2. The molecule has 2 aromatic rings. The molecule has 0 bridgehead atoms. The molecular formula is C15H17NO3S. The van der Waals surface area contributed by atoms with Crippen molar-refractivity contribution in [2.45, 2.75) is 22.9 Å². The highest BCUT2D eigenvalue weighted by Crippen LogP contribution is 2.32. The Morgan fingerprint density at radius 1 is 1.00 bits per heavy atom. The van der Waals surface area contributed by atoms with Gasteiger partial charge >= 0.3 is 0 Å². The van der Waals surface area contributed by atoms with Crippen molar-refractivity contribution in [3.05, 3.63) is 59.7 Å². The molecule has 0 heterocycles. The molecule has 106 valence electrons. The van der Waals surface area contributed by atoms with Crippen LogP contribution in [0.25, 0.3) is 0 Å². The molecule has 0 aliphatic rings. The van der Waals surface area contributed by atoms with Crippen molar-refractivity contribution < 1.29 is 15.0 Å². The van der Waals surface area contributed by atoms with Crippen LogP contribution in [0.5, 0.6) is 0 Å². The van der Waals surface area contributed by atoms with Gasteiger partial charge in [-0.15, -0.1) is 0 Å². The van der Waals surface area contributed by atoms with Gasteiger partial charge in [0.25, 0.3) is 6.47 Å². The molecule has 4 nitrogen and oxygen atoms in total. The van der Waals surface area contributed by atoms with Crippen LogP contribution in [0.15, 0.2) is 58.3 Å². The number of aliphatic hydroxyl groups excluding tert-OH is 1. The second-order valence-corrected chi connectivity index (χ2v) is 4.87. The molecule has 0 fully saturated rings. The number of hydrogen-bond acceptors (Lipinski definition) is 4. The summed E-state index contributed by atoms with van der Waals surface area (Å²) < 4.78 is 0. The van der Waals surface area contributed by atoms with Crippen LogP contribution in [0.3, 0.4) is 0 Å². The van der Waals surface area contributed by atoms with Crippen LogP contribution in [-0.4, -0.2) is 16.7 Å².